The Labute approximate surface area is 117 Å². The Morgan fingerprint density at radius 2 is 2.42 bits per heavy atom. The van der Waals surface area contributed by atoms with Gasteiger partial charge in [-0.05, 0) is 30.2 Å². The van der Waals surface area contributed by atoms with E-state index in [1.807, 2.05) is 24.0 Å². The van der Waals surface area contributed by atoms with E-state index < -0.39 is 0 Å². The van der Waals surface area contributed by atoms with Crippen molar-refractivity contribution in [2.45, 2.75) is 25.0 Å². The maximum atomic E-state index is 10.0. The van der Waals surface area contributed by atoms with Gasteiger partial charge in [-0.15, -0.1) is 11.3 Å². The van der Waals surface area contributed by atoms with Crippen LogP contribution in [0.1, 0.15) is 29.6 Å². The number of hydrogen-bond donors (Lipinski definition) is 2. The van der Waals surface area contributed by atoms with Crippen LogP contribution < -0.4 is 5.32 Å². The number of aryl methyl sites for hydroxylation is 1. The van der Waals surface area contributed by atoms with E-state index in [2.05, 4.69) is 27.8 Å². The second kappa shape index (κ2) is 5.45. The molecule has 0 amide bonds. The van der Waals surface area contributed by atoms with E-state index in [0.717, 1.165) is 18.7 Å². The highest BCUT2D eigenvalue weighted by molar-refractivity contribution is 7.10. The van der Waals surface area contributed by atoms with Crippen molar-refractivity contribution in [3.63, 3.8) is 0 Å². The first kappa shape index (κ1) is 12.8. The van der Waals surface area contributed by atoms with E-state index in [0.29, 0.717) is 12.5 Å². The lowest BCUT2D eigenvalue weighted by molar-refractivity contribution is 0.146. The molecular formula is C14H19N3OS. The Hall–Kier alpha value is -1.17. The monoisotopic (exact) mass is 277 g/mol. The molecule has 0 aliphatic heterocycles. The number of imidazole rings is 1. The van der Waals surface area contributed by atoms with Gasteiger partial charge in [-0.25, -0.2) is 4.98 Å². The highest BCUT2D eigenvalue weighted by atomic mass is 32.1. The van der Waals surface area contributed by atoms with E-state index in [1.54, 1.807) is 11.3 Å². The fourth-order valence-corrected chi connectivity index (χ4v) is 3.11. The molecule has 0 radical (unpaired) electrons. The number of aliphatic hydroxyl groups is 1. The molecule has 2 heterocycles. The molecule has 1 aliphatic rings. The van der Waals surface area contributed by atoms with E-state index in [4.69, 9.17) is 0 Å². The first-order valence-corrected chi connectivity index (χ1v) is 7.55. The van der Waals surface area contributed by atoms with Crippen molar-refractivity contribution in [2.75, 3.05) is 6.54 Å². The second-order valence-electron chi connectivity index (χ2n) is 5.16. The topological polar surface area (TPSA) is 50.1 Å². The van der Waals surface area contributed by atoms with Gasteiger partial charge in [0, 0.05) is 30.9 Å². The minimum atomic E-state index is -0.234. The van der Waals surface area contributed by atoms with Gasteiger partial charge in [0.2, 0.25) is 0 Å². The summed E-state index contributed by atoms with van der Waals surface area (Å²) in [6.07, 6.45) is 5.86. The van der Waals surface area contributed by atoms with Gasteiger partial charge < -0.3 is 15.0 Å². The minimum absolute atomic E-state index is 0.0633. The maximum absolute atomic E-state index is 10.0. The van der Waals surface area contributed by atoms with Gasteiger partial charge in [0.05, 0.1) is 6.10 Å². The lowest BCUT2D eigenvalue weighted by Crippen LogP contribution is -2.33. The predicted octanol–water partition coefficient (Wildman–Crippen LogP) is 1.93. The van der Waals surface area contributed by atoms with Gasteiger partial charge in [-0.2, -0.15) is 0 Å². The van der Waals surface area contributed by atoms with Gasteiger partial charge >= 0.3 is 0 Å². The smallest absolute Gasteiger partial charge is 0.131 e. The molecule has 2 atom stereocenters. The number of rotatable bonds is 6. The van der Waals surface area contributed by atoms with Crippen LogP contribution in [-0.2, 0) is 7.05 Å². The zero-order valence-electron chi connectivity index (χ0n) is 11.0. The van der Waals surface area contributed by atoms with Crippen LogP contribution in [0.15, 0.2) is 29.9 Å². The molecule has 1 fully saturated rings. The lowest BCUT2D eigenvalue weighted by atomic mass is 10.2. The Balaban J connectivity index is 1.75. The Morgan fingerprint density at radius 3 is 3.00 bits per heavy atom. The van der Waals surface area contributed by atoms with Crippen LogP contribution in [0.3, 0.4) is 0 Å². The van der Waals surface area contributed by atoms with Gasteiger partial charge in [0.15, 0.2) is 0 Å². The van der Waals surface area contributed by atoms with Crippen LogP contribution in [0, 0.1) is 5.92 Å². The SMILES string of the molecule is Cn1ccnc1C(NCC(O)C1CC1)c1cccs1. The van der Waals surface area contributed by atoms with Crippen molar-refractivity contribution in [1.29, 1.82) is 0 Å². The van der Waals surface area contributed by atoms with Crippen LogP contribution in [0.4, 0.5) is 0 Å². The average Bonchev–Trinajstić information content (AvgIpc) is 2.96. The summed E-state index contributed by atoms with van der Waals surface area (Å²) in [5.41, 5.74) is 0. The molecule has 4 nitrogen and oxygen atoms in total. The Morgan fingerprint density at radius 1 is 1.58 bits per heavy atom. The number of hydrogen-bond acceptors (Lipinski definition) is 4. The number of nitrogens with zero attached hydrogens (tertiary/aromatic N) is 2. The van der Waals surface area contributed by atoms with Crippen molar-refractivity contribution >= 4 is 11.3 Å². The Bertz CT molecular complexity index is 519. The largest absolute Gasteiger partial charge is 0.392 e. The van der Waals surface area contributed by atoms with Gasteiger partial charge in [-0.3, -0.25) is 0 Å². The zero-order valence-corrected chi connectivity index (χ0v) is 11.8. The summed E-state index contributed by atoms with van der Waals surface area (Å²) in [5, 5.41) is 15.6. The number of thiophene rings is 1. The standard InChI is InChI=1S/C14H19N3OS/c1-17-7-6-15-14(17)13(12-3-2-8-19-12)16-9-11(18)10-4-5-10/h2-3,6-8,10-11,13,16,18H,4-5,9H2,1H3. The van der Waals surface area contributed by atoms with Crippen molar-refractivity contribution in [3.8, 4) is 0 Å². The first-order valence-electron chi connectivity index (χ1n) is 6.68. The van der Waals surface area contributed by atoms with E-state index in [-0.39, 0.29) is 12.1 Å². The molecule has 3 rings (SSSR count). The summed E-state index contributed by atoms with van der Waals surface area (Å²) in [6.45, 7) is 0.625. The van der Waals surface area contributed by atoms with E-state index >= 15 is 0 Å². The molecule has 19 heavy (non-hydrogen) atoms. The molecule has 0 saturated heterocycles. The fraction of sp³-hybridized carbons (Fsp3) is 0.500. The predicted molar refractivity (Wildman–Crippen MR) is 76.1 cm³/mol. The number of nitrogens with one attached hydrogen (secondary N) is 1. The third kappa shape index (κ3) is 2.88. The molecule has 1 saturated carbocycles. The molecule has 102 valence electrons. The Kier molecular flexibility index (Phi) is 3.68. The molecule has 2 N–H and O–H groups in total. The second-order valence-corrected chi connectivity index (χ2v) is 6.14. The van der Waals surface area contributed by atoms with Crippen LogP contribution in [0.2, 0.25) is 0 Å². The summed E-state index contributed by atoms with van der Waals surface area (Å²) in [5.74, 6) is 1.49. The van der Waals surface area contributed by atoms with E-state index in [1.165, 1.54) is 4.88 Å². The molecule has 0 bridgehead atoms. The van der Waals surface area contributed by atoms with Crippen molar-refractivity contribution in [2.24, 2.45) is 13.0 Å². The van der Waals surface area contributed by atoms with Crippen LogP contribution in [-0.4, -0.2) is 27.3 Å². The molecule has 2 unspecified atom stereocenters. The molecule has 2 aromatic rings. The van der Waals surface area contributed by atoms with Crippen LogP contribution >= 0.6 is 11.3 Å². The third-order valence-electron chi connectivity index (χ3n) is 3.64. The fourth-order valence-electron chi connectivity index (χ4n) is 2.32. The number of aromatic nitrogens is 2. The summed E-state index contributed by atoms with van der Waals surface area (Å²) >= 11 is 1.72. The summed E-state index contributed by atoms with van der Waals surface area (Å²) in [4.78, 5) is 5.67. The third-order valence-corrected chi connectivity index (χ3v) is 4.58. The highest BCUT2D eigenvalue weighted by Gasteiger charge is 2.30. The highest BCUT2D eigenvalue weighted by Crippen LogP contribution is 2.33. The van der Waals surface area contributed by atoms with Gasteiger partial charge in [-0.1, -0.05) is 6.07 Å². The lowest BCUT2D eigenvalue weighted by Gasteiger charge is -2.19. The normalized spacial score (nSPS) is 18.4. The molecule has 2 aromatic heterocycles. The molecule has 1 aliphatic carbocycles. The zero-order chi connectivity index (χ0) is 13.2. The summed E-state index contributed by atoms with van der Waals surface area (Å²) in [6, 6.07) is 4.23. The summed E-state index contributed by atoms with van der Waals surface area (Å²) in [7, 11) is 2.00. The van der Waals surface area contributed by atoms with Crippen molar-refractivity contribution in [1.82, 2.24) is 14.9 Å². The van der Waals surface area contributed by atoms with Crippen LogP contribution in [0.5, 0.6) is 0 Å². The van der Waals surface area contributed by atoms with Gasteiger partial charge in [0.1, 0.15) is 11.9 Å². The average molecular weight is 277 g/mol. The van der Waals surface area contributed by atoms with E-state index in [9.17, 15) is 5.11 Å². The minimum Gasteiger partial charge on any atom is -0.392 e. The van der Waals surface area contributed by atoms with Crippen molar-refractivity contribution < 1.29 is 5.11 Å². The quantitative estimate of drug-likeness (QED) is 0.848. The van der Waals surface area contributed by atoms with Crippen molar-refractivity contribution in [3.05, 3.63) is 40.6 Å². The maximum Gasteiger partial charge on any atom is 0.131 e. The summed E-state index contributed by atoms with van der Waals surface area (Å²) < 4.78 is 2.03. The first-order chi connectivity index (χ1) is 9.25. The molecule has 0 aromatic carbocycles. The molecule has 0 spiro atoms. The number of aliphatic hydroxyl groups excluding tert-OH is 1. The molecule has 5 heteroatoms. The van der Waals surface area contributed by atoms with Gasteiger partial charge in [0.25, 0.3) is 0 Å². The van der Waals surface area contributed by atoms with Crippen LogP contribution in [0.25, 0.3) is 0 Å². The molecular weight excluding hydrogens is 258 g/mol.